The molecule has 2 heterocycles. The van der Waals surface area contributed by atoms with Crippen LogP contribution in [-0.4, -0.2) is 15.5 Å². The highest BCUT2D eigenvalue weighted by molar-refractivity contribution is 6.03. The molecule has 6 nitrogen and oxygen atoms in total. The number of guanidine groups is 1. The zero-order valence-corrected chi connectivity index (χ0v) is 16.2. The second-order valence-electron chi connectivity index (χ2n) is 7.22. The molecule has 4 rings (SSSR count). The topological polar surface area (TPSA) is 71.3 Å². The van der Waals surface area contributed by atoms with E-state index in [1.807, 2.05) is 49.4 Å². The van der Waals surface area contributed by atoms with Gasteiger partial charge in [0.25, 0.3) is 5.56 Å². The van der Waals surface area contributed by atoms with E-state index in [9.17, 15) is 4.79 Å². The predicted octanol–water partition coefficient (Wildman–Crippen LogP) is 4.12. The molecule has 1 aliphatic rings. The van der Waals surface area contributed by atoms with Crippen molar-refractivity contribution in [2.75, 3.05) is 10.6 Å². The van der Waals surface area contributed by atoms with Crippen LogP contribution in [0.4, 0.5) is 11.6 Å². The molecule has 2 N–H and O–H groups in total. The van der Waals surface area contributed by atoms with Crippen LogP contribution in [0.15, 0.2) is 70.5 Å². The first kappa shape index (κ1) is 18.0. The number of aromatic nitrogens is 2. The van der Waals surface area contributed by atoms with Gasteiger partial charge >= 0.3 is 0 Å². The normalized spacial score (nSPS) is 15.6. The van der Waals surface area contributed by atoms with E-state index >= 15 is 0 Å². The minimum Gasteiger partial charge on any atom is -0.326 e. The number of nitrogens with zero attached hydrogens (tertiary/aromatic N) is 3. The highest BCUT2D eigenvalue weighted by Gasteiger charge is 2.24. The summed E-state index contributed by atoms with van der Waals surface area (Å²) in [6.45, 7) is 6.15. The molecule has 0 saturated carbocycles. The Morgan fingerprint density at radius 1 is 1.07 bits per heavy atom. The zero-order valence-electron chi connectivity index (χ0n) is 16.2. The fourth-order valence-electron chi connectivity index (χ4n) is 3.25. The van der Waals surface area contributed by atoms with Gasteiger partial charge in [-0.25, -0.2) is 9.98 Å². The van der Waals surface area contributed by atoms with Crippen molar-refractivity contribution in [3.63, 3.8) is 0 Å². The van der Waals surface area contributed by atoms with Crippen molar-refractivity contribution in [2.45, 2.75) is 32.9 Å². The van der Waals surface area contributed by atoms with Gasteiger partial charge in [-0.1, -0.05) is 56.3 Å². The SMILES string of the molecule is Cc1cc(=O)n2c(n1)NC(Nc1ccc(C(C)C)cc1)=N[C@H]2c1ccccc1. The molecule has 0 aliphatic carbocycles. The molecule has 1 aromatic heterocycles. The van der Waals surface area contributed by atoms with Crippen LogP contribution in [0, 0.1) is 6.92 Å². The van der Waals surface area contributed by atoms with E-state index in [0.717, 1.165) is 11.3 Å². The van der Waals surface area contributed by atoms with E-state index < -0.39 is 6.17 Å². The molecular weight excluding hydrogens is 350 g/mol. The van der Waals surface area contributed by atoms with Gasteiger partial charge in [-0.2, -0.15) is 0 Å². The monoisotopic (exact) mass is 373 g/mol. The molecule has 1 aliphatic heterocycles. The third-order valence-corrected chi connectivity index (χ3v) is 4.74. The summed E-state index contributed by atoms with van der Waals surface area (Å²) in [6, 6.07) is 19.5. The summed E-state index contributed by atoms with van der Waals surface area (Å²) in [5.74, 6) is 1.52. The Labute approximate surface area is 164 Å². The molecular formula is C22H23N5O. The minimum absolute atomic E-state index is 0.132. The van der Waals surface area contributed by atoms with Gasteiger partial charge in [0.05, 0.1) is 0 Å². The highest BCUT2D eigenvalue weighted by Crippen LogP contribution is 2.26. The van der Waals surface area contributed by atoms with E-state index in [-0.39, 0.29) is 5.56 Å². The Morgan fingerprint density at radius 2 is 1.79 bits per heavy atom. The van der Waals surface area contributed by atoms with Gasteiger partial charge < -0.3 is 5.32 Å². The van der Waals surface area contributed by atoms with E-state index in [1.165, 1.54) is 11.6 Å². The number of hydrogen-bond acceptors (Lipinski definition) is 5. The third kappa shape index (κ3) is 3.53. The molecule has 0 saturated heterocycles. The second-order valence-corrected chi connectivity index (χ2v) is 7.22. The van der Waals surface area contributed by atoms with Crippen LogP contribution in [0.2, 0.25) is 0 Å². The second kappa shape index (κ2) is 7.31. The van der Waals surface area contributed by atoms with E-state index in [2.05, 4.69) is 41.6 Å². The van der Waals surface area contributed by atoms with Crippen LogP contribution >= 0.6 is 0 Å². The Hall–Kier alpha value is -3.41. The Bertz CT molecular complexity index is 1070. The fraction of sp³-hybridized carbons (Fsp3) is 0.227. The zero-order chi connectivity index (χ0) is 19.7. The molecule has 0 bridgehead atoms. The Kier molecular flexibility index (Phi) is 4.69. The van der Waals surface area contributed by atoms with Gasteiger partial charge in [-0.05, 0) is 36.1 Å². The molecule has 2 aromatic carbocycles. The summed E-state index contributed by atoms with van der Waals surface area (Å²) < 4.78 is 1.58. The van der Waals surface area contributed by atoms with Crippen molar-refractivity contribution in [2.24, 2.45) is 4.99 Å². The lowest BCUT2D eigenvalue weighted by atomic mass is 10.0. The van der Waals surface area contributed by atoms with Crippen molar-refractivity contribution in [1.82, 2.24) is 9.55 Å². The summed E-state index contributed by atoms with van der Waals surface area (Å²) in [7, 11) is 0. The predicted molar refractivity (Wildman–Crippen MR) is 113 cm³/mol. The fourth-order valence-corrected chi connectivity index (χ4v) is 3.25. The molecule has 0 radical (unpaired) electrons. The third-order valence-electron chi connectivity index (χ3n) is 4.74. The lowest BCUT2D eigenvalue weighted by Gasteiger charge is -2.27. The molecule has 0 spiro atoms. The van der Waals surface area contributed by atoms with Crippen molar-refractivity contribution >= 4 is 17.6 Å². The molecule has 0 amide bonds. The molecule has 28 heavy (non-hydrogen) atoms. The van der Waals surface area contributed by atoms with Crippen LogP contribution in [0.25, 0.3) is 0 Å². The maximum atomic E-state index is 12.6. The van der Waals surface area contributed by atoms with Gasteiger partial charge in [0.15, 0.2) is 6.17 Å². The smallest absolute Gasteiger partial charge is 0.257 e. The number of rotatable bonds is 3. The number of aryl methyl sites for hydroxylation is 1. The van der Waals surface area contributed by atoms with Crippen LogP contribution < -0.4 is 16.2 Å². The molecule has 3 aromatic rings. The summed E-state index contributed by atoms with van der Waals surface area (Å²) in [5, 5.41) is 6.47. The number of benzene rings is 2. The van der Waals surface area contributed by atoms with Crippen molar-refractivity contribution in [3.8, 4) is 0 Å². The molecule has 0 fully saturated rings. The summed E-state index contributed by atoms with van der Waals surface area (Å²) in [6.07, 6.45) is -0.476. The standard InChI is InChI=1S/C22H23N5O/c1-14(2)16-9-11-18(12-10-16)24-21-25-20(17-7-5-4-6-8-17)27-19(28)13-15(3)23-22(27)26-21/h4-14,20H,1-3H3,(H2,23,24,25,26)/t20-/m1/s1. The van der Waals surface area contributed by atoms with E-state index in [4.69, 9.17) is 4.99 Å². The average Bonchev–Trinajstić information content (AvgIpc) is 2.68. The van der Waals surface area contributed by atoms with Crippen LogP contribution in [-0.2, 0) is 0 Å². The summed E-state index contributed by atoms with van der Waals surface area (Å²) in [4.78, 5) is 21.9. The van der Waals surface area contributed by atoms with Gasteiger partial charge in [0.2, 0.25) is 11.9 Å². The minimum atomic E-state index is -0.476. The largest absolute Gasteiger partial charge is 0.326 e. The summed E-state index contributed by atoms with van der Waals surface area (Å²) in [5.41, 5.74) is 3.66. The number of nitrogens with one attached hydrogen (secondary N) is 2. The Morgan fingerprint density at radius 3 is 2.46 bits per heavy atom. The number of fused-ring (bicyclic) bond motifs is 1. The number of aliphatic imine (C=N–C) groups is 1. The van der Waals surface area contributed by atoms with Gasteiger partial charge in [-0.3, -0.25) is 14.7 Å². The van der Waals surface area contributed by atoms with E-state index in [0.29, 0.717) is 23.5 Å². The highest BCUT2D eigenvalue weighted by atomic mass is 16.1. The van der Waals surface area contributed by atoms with Crippen molar-refractivity contribution < 1.29 is 0 Å². The van der Waals surface area contributed by atoms with Crippen molar-refractivity contribution in [1.29, 1.82) is 0 Å². The molecule has 6 heteroatoms. The van der Waals surface area contributed by atoms with Crippen LogP contribution in [0.1, 0.15) is 42.8 Å². The van der Waals surface area contributed by atoms with Crippen LogP contribution in [0.3, 0.4) is 0 Å². The first-order chi connectivity index (χ1) is 13.5. The number of anilines is 2. The molecule has 0 unspecified atom stereocenters. The van der Waals surface area contributed by atoms with E-state index in [1.54, 1.807) is 4.57 Å². The van der Waals surface area contributed by atoms with Crippen LogP contribution in [0.5, 0.6) is 0 Å². The lowest BCUT2D eigenvalue weighted by Crippen LogP contribution is -2.37. The number of hydrogen-bond donors (Lipinski definition) is 2. The quantitative estimate of drug-likeness (QED) is 0.725. The first-order valence-electron chi connectivity index (χ1n) is 9.38. The van der Waals surface area contributed by atoms with Gasteiger partial charge in [0.1, 0.15) is 0 Å². The van der Waals surface area contributed by atoms with Crippen molar-refractivity contribution in [3.05, 3.63) is 87.8 Å². The van der Waals surface area contributed by atoms with Gasteiger partial charge in [-0.15, -0.1) is 0 Å². The maximum absolute atomic E-state index is 12.6. The lowest BCUT2D eigenvalue weighted by molar-refractivity contribution is 0.577. The summed E-state index contributed by atoms with van der Waals surface area (Å²) >= 11 is 0. The average molecular weight is 373 g/mol. The maximum Gasteiger partial charge on any atom is 0.257 e. The molecule has 1 atom stereocenters. The first-order valence-corrected chi connectivity index (χ1v) is 9.38. The Balaban J connectivity index is 1.72. The molecule has 142 valence electrons. The van der Waals surface area contributed by atoms with Gasteiger partial charge in [0, 0.05) is 17.4 Å².